The summed E-state index contributed by atoms with van der Waals surface area (Å²) in [5, 5.41) is 9.13. The molecule has 0 aromatic carbocycles. The fraction of sp³-hybridized carbons (Fsp3) is 0.625. The molecule has 0 aromatic heterocycles. The first-order valence-electron chi connectivity index (χ1n) is 3.60. The monoisotopic (exact) mass is 158 g/mol. The average Bonchev–Trinajstić information content (AvgIpc) is 1.86. The van der Waals surface area contributed by atoms with Crippen molar-refractivity contribution in [1.29, 1.82) is 0 Å². The van der Waals surface area contributed by atoms with Gasteiger partial charge in [-0.25, -0.2) is 0 Å². The van der Waals surface area contributed by atoms with Crippen molar-refractivity contribution in [3.63, 3.8) is 0 Å². The minimum Gasteiger partial charge on any atom is -0.509 e. The quantitative estimate of drug-likeness (QED) is 0.497. The molecule has 3 nitrogen and oxygen atoms in total. The number of hydrogen-bond donors (Lipinski definition) is 1. The summed E-state index contributed by atoms with van der Waals surface area (Å²) in [6.45, 7) is 5.43. The molecule has 0 rings (SSSR count). The van der Waals surface area contributed by atoms with Crippen molar-refractivity contribution in [3.8, 4) is 0 Å². The van der Waals surface area contributed by atoms with Crippen LogP contribution in [-0.4, -0.2) is 23.6 Å². The maximum Gasteiger partial charge on any atom is 0.156 e. The zero-order valence-corrected chi connectivity index (χ0v) is 7.13. The van der Waals surface area contributed by atoms with Gasteiger partial charge in [0.2, 0.25) is 0 Å². The van der Waals surface area contributed by atoms with E-state index in [1.54, 1.807) is 6.92 Å². The topological polar surface area (TPSA) is 46.5 Å². The lowest BCUT2D eigenvalue weighted by Crippen LogP contribution is -2.11. The van der Waals surface area contributed by atoms with Gasteiger partial charge in [0, 0.05) is 12.7 Å². The Bertz CT molecular complexity index is 161. The number of rotatable bonds is 4. The highest BCUT2D eigenvalue weighted by molar-refractivity contribution is 5.87. The third-order valence-electron chi connectivity index (χ3n) is 1.18. The number of aliphatic hydroxyl groups is 1. The smallest absolute Gasteiger partial charge is 0.156 e. The molecule has 0 radical (unpaired) electrons. The largest absolute Gasteiger partial charge is 0.509 e. The second-order valence-corrected chi connectivity index (χ2v) is 2.28. The molecular formula is C8H14O3. The Hall–Kier alpha value is -0.830. The average molecular weight is 158 g/mol. The second kappa shape index (κ2) is 4.91. The molecule has 0 aliphatic heterocycles. The van der Waals surface area contributed by atoms with E-state index in [0.717, 1.165) is 0 Å². The van der Waals surface area contributed by atoms with Gasteiger partial charge < -0.3 is 9.84 Å². The number of ketones is 1. The van der Waals surface area contributed by atoms with Crippen LogP contribution in [0.2, 0.25) is 0 Å². The van der Waals surface area contributed by atoms with Crippen LogP contribution in [0, 0.1) is 0 Å². The Morgan fingerprint density at radius 3 is 2.64 bits per heavy atom. The lowest BCUT2D eigenvalue weighted by atomic mass is 10.2. The van der Waals surface area contributed by atoms with Crippen LogP contribution in [-0.2, 0) is 9.53 Å². The lowest BCUT2D eigenvalue weighted by molar-refractivity contribution is -0.112. The molecule has 11 heavy (non-hydrogen) atoms. The summed E-state index contributed by atoms with van der Waals surface area (Å²) >= 11 is 0. The molecule has 1 atom stereocenters. The van der Waals surface area contributed by atoms with Gasteiger partial charge in [0.1, 0.15) is 11.9 Å². The fourth-order valence-corrected chi connectivity index (χ4v) is 0.661. The third-order valence-corrected chi connectivity index (χ3v) is 1.18. The molecule has 0 saturated carbocycles. The maximum atomic E-state index is 10.5. The Morgan fingerprint density at radius 1 is 1.73 bits per heavy atom. The van der Waals surface area contributed by atoms with Crippen molar-refractivity contribution in [3.05, 3.63) is 11.8 Å². The van der Waals surface area contributed by atoms with Crippen LogP contribution >= 0.6 is 0 Å². The van der Waals surface area contributed by atoms with Gasteiger partial charge in [0.05, 0.1) is 0 Å². The van der Waals surface area contributed by atoms with Crippen molar-refractivity contribution < 1.29 is 14.6 Å². The molecule has 0 aliphatic rings. The van der Waals surface area contributed by atoms with Crippen molar-refractivity contribution in [2.24, 2.45) is 0 Å². The first kappa shape index (κ1) is 10.2. The second-order valence-electron chi connectivity index (χ2n) is 2.28. The van der Waals surface area contributed by atoms with E-state index in [2.05, 4.69) is 0 Å². The molecule has 3 heteroatoms. The van der Waals surface area contributed by atoms with E-state index in [1.165, 1.54) is 13.0 Å². The molecule has 1 N–H and O–H groups in total. The molecule has 0 aliphatic carbocycles. The Morgan fingerprint density at radius 2 is 2.27 bits per heavy atom. The van der Waals surface area contributed by atoms with Gasteiger partial charge in [0.15, 0.2) is 5.78 Å². The SMILES string of the molecule is CCOC(C)/C(O)=C/C(C)=O. The van der Waals surface area contributed by atoms with Crippen LogP contribution in [0.5, 0.6) is 0 Å². The highest BCUT2D eigenvalue weighted by Gasteiger charge is 2.06. The molecule has 0 spiro atoms. The van der Waals surface area contributed by atoms with Gasteiger partial charge in [0.25, 0.3) is 0 Å². The van der Waals surface area contributed by atoms with E-state index < -0.39 is 0 Å². The molecular weight excluding hydrogens is 144 g/mol. The van der Waals surface area contributed by atoms with Crippen LogP contribution in [0.25, 0.3) is 0 Å². The first-order valence-corrected chi connectivity index (χ1v) is 3.60. The predicted octanol–water partition coefficient (Wildman–Crippen LogP) is 1.44. The number of ether oxygens (including phenoxy) is 1. The third kappa shape index (κ3) is 4.56. The van der Waals surface area contributed by atoms with Crippen LogP contribution < -0.4 is 0 Å². The summed E-state index contributed by atoms with van der Waals surface area (Å²) < 4.78 is 5.03. The van der Waals surface area contributed by atoms with Gasteiger partial charge in [-0.05, 0) is 20.8 Å². The van der Waals surface area contributed by atoms with Crippen LogP contribution in [0.3, 0.4) is 0 Å². The van der Waals surface area contributed by atoms with Gasteiger partial charge >= 0.3 is 0 Å². The van der Waals surface area contributed by atoms with Gasteiger partial charge in [-0.3, -0.25) is 4.79 Å². The van der Waals surface area contributed by atoms with Gasteiger partial charge in [-0.1, -0.05) is 0 Å². The Labute approximate surface area is 66.7 Å². The fourth-order valence-electron chi connectivity index (χ4n) is 0.661. The van der Waals surface area contributed by atoms with Crippen LogP contribution in [0.15, 0.2) is 11.8 Å². The number of carbonyl (C=O) groups is 1. The van der Waals surface area contributed by atoms with Crippen LogP contribution in [0.1, 0.15) is 20.8 Å². The highest BCUT2D eigenvalue weighted by Crippen LogP contribution is 2.01. The molecule has 0 bridgehead atoms. The Balaban J connectivity index is 4.00. The summed E-state index contributed by atoms with van der Waals surface area (Å²) in [5.74, 6) is -0.187. The molecule has 0 aromatic rings. The number of allylic oxidation sites excluding steroid dienone is 1. The van der Waals surface area contributed by atoms with E-state index in [4.69, 9.17) is 9.84 Å². The van der Waals surface area contributed by atoms with Crippen molar-refractivity contribution in [2.45, 2.75) is 26.9 Å². The molecule has 0 heterocycles. The normalized spacial score (nSPS) is 14.6. The van der Waals surface area contributed by atoms with Crippen molar-refractivity contribution in [2.75, 3.05) is 6.61 Å². The highest BCUT2D eigenvalue weighted by atomic mass is 16.5. The summed E-state index contributed by atoms with van der Waals surface area (Å²) in [6, 6.07) is 0. The zero-order chi connectivity index (χ0) is 8.85. The zero-order valence-electron chi connectivity index (χ0n) is 7.13. The first-order chi connectivity index (χ1) is 5.07. The maximum absolute atomic E-state index is 10.5. The molecule has 1 unspecified atom stereocenters. The molecule has 0 saturated heterocycles. The summed E-state index contributed by atoms with van der Waals surface area (Å²) in [4.78, 5) is 10.5. The Kier molecular flexibility index (Phi) is 4.54. The minimum atomic E-state index is -0.385. The summed E-state index contributed by atoms with van der Waals surface area (Å²) in [5.41, 5.74) is 0. The van der Waals surface area contributed by atoms with Crippen molar-refractivity contribution in [1.82, 2.24) is 0 Å². The number of aliphatic hydroxyl groups excluding tert-OH is 1. The minimum absolute atomic E-state index is 0.0145. The van der Waals surface area contributed by atoms with E-state index in [1.807, 2.05) is 6.92 Å². The number of hydrogen-bond acceptors (Lipinski definition) is 3. The van der Waals surface area contributed by atoms with E-state index in [0.29, 0.717) is 6.61 Å². The molecule has 0 fully saturated rings. The number of carbonyl (C=O) groups excluding carboxylic acids is 1. The predicted molar refractivity (Wildman–Crippen MR) is 42.5 cm³/mol. The van der Waals surface area contributed by atoms with E-state index in [-0.39, 0.29) is 17.6 Å². The standard InChI is InChI=1S/C8H14O3/c1-4-11-7(3)8(10)5-6(2)9/h5,7,10H,4H2,1-3H3/b8-5-. The lowest BCUT2D eigenvalue weighted by Gasteiger charge is -2.09. The van der Waals surface area contributed by atoms with Gasteiger partial charge in [-0.15, -0.1) is 0 Å². The van der Waals surface area contributed by atoms with E-state index in [9.17, 15) is 4.79 Å². The van der Waals surface area contributed by atoms with Gasteiger partial charge in [-0.2, -0.15) is 0 Å². The summed E-state index contributed by atoms with van der Waals surface area (Å²) in [7, 11) is 0. The van der Waals surface area contributed by atoms with Crippen molar-refractivity contribution >= 4 is 5.78 Å². The van der Waals surface area contributed by atoms with E-state index >= 15 is 0 Å². The van der Waals surface area contributed by atoms with Crippen LogP contribution in [0.4, 0.5) is 0 Å². The molecule has 0 amide bonds. The summed E-state index contributed by atoms with van der Waals surface area (Å²) in [6.07, 6.45) is 0.782. The molecule has 64 valence electrons.